The molecule has 7 rings (SSSR count). The second-order valence-corrected chi connectivity index (χ2v) is 13.3. The third kappa shape index (κ3) is 6.05. The largest absolute Gasteiger partial charge is 0.496 e. The van der Waals surface area contributed by atoms with Crippen LogP contribution >= 0.6 is 0 Å². The zero-order chi connectivity index (χ0) is 36.5. The van der Waals surface area contributed by atoms with Gasteiger partial charge in [0, 0.05) is 70.8 Å². The van der Waals surface area contributed by atoms with Gasteiger partial charge in [-0.1, -0.05) is 24.3 Å². The fourth-order valence-corrected chi connectivity index (χ4v) is 7.67. The van der Waals surface area contributed by atoms with Crippen LogP contribution in [0.25, 0.3) is 21.5 Å². The summed E-state index contributed by atoms with van der Waals surface area (Å²) >= 11 is 0. The maximum atomic E-state index is 5.67. The van der Waals surface area contributed by atoms with E-state index in [0.29, 0.717) is 0 Å². The first-order valence-electron chi connectivity index (χ1n) is 17.6. The van der Waals surface area contributed by atoms with E-state index in [4.69, 9.17) is 18.9 Å². The second kappa shape index (κ2) is 14.3. The first kappa shape index (κ1) is 34.4. The van der Waals surface area contributed by atoms with Crippen molar-refractivity contribution in [1.29, 1.82) is 0 Å². The van der Waals surface area contributed by atoms with E-state index in [1.807, 2.05) is 0 Å². The first-order chi connectivity index (χ1) is 25.3. The highest BCUT2D eigenvalue weighted by molar-refractivity contribution is 6.11. The summed E-state index contributed by atoms with van der Waals surface area (Å²) in [5.74, 6) is 5.67. The number of hydrogen-bond acceptors (Lipinski definition) is 4. The summed E-state index contributed by atoms with van der Waals surface area (Å²) in [6.45, 7) is 8.67. The fraction of sp³-hybridized carbons (Fsp3) is 0.167. The molecule has 0 aromatic heterocycles. The zero-order valence-electron chi connectivity index (χ0n) is 31.2. The van der Waals surface area contributed by atoms with Gasteiger partial charge in [-0.15, -0.1) is 0 Å². The Morgan fingerprint density at radius 3 is 0.750 bits per heavy atom. The lowest BCUT2D eigenvalue weighted by Crippen LogP contribution is -2.13. The van der Waals surface area contributed by atoms with Crippen LogP contribution in [0, 0.1) is 39.5 Å². The minimum absolute atomic E-state index is 0.834. The van der Waals surface area contributed by atoms with E-state index < -0.39 is 0 Å². The van der Waals surface area contributed by atoms with Crippen molar-refractivity contribution in [3.63, 3.8) is 0 Å². The maximum Gasteiger partial charge on any atom is 0.130 e. The lowest BCUT2D eigenvalue weighted by atomic mass is 9.73. The van der Waals surface area contributed by atoms with Crippen molar-refractivity contribution in [2.45, 2.75) is 27.7 Å². The minimum atomic E-state index is 0.834. The van der Waals surface area contributed by atoms with Gasteiger partial charge in [0.2, 0.25) is 0 Å². The van der Waals surface area contributed by atoms with Crippen molar-refractivity contribution in [3.05, 3.63) is 189 Å². The molecule has 0 atom stereocenters. The van der Waals surface area contributed by atoms with Crippen LogP contribution in [0.4, 0.5) is 0 Å². The highest BCUT2D eigenvalue weighted by atomic mass is 16.5. The van der Waals surface area contributed by atoms with Gasteiger partial charge in [0.1, 0.15) is 23.0 Å². The Kier molecular flexibility index (Phi) is 9.49. The Hall–Kier alpha value is -6.00. The van der Waals surface area contributed by atoms with Gasteiger partial charge in [-0.3, -0.25) is 0 Å². The lowest BCUT2D eigenvalue weighted by Gasteiger charge is -2.24. The van der Waals surface area contributed by atoms with E-state index in [9.17, 15) is 0 Å². The van der Waals surface area contributed by atoms with Gasteiger partial charge in [0.25, 0.3) is 0 Å². The molecule has 0 N–H and O–H groups in total. The second-order valence-electron chi connectivity index (χ2n) is 13.3. The number of benzene rings is 7. The molecule has 258 valence electrons. The molecule has 0 saturated carbocycles. The Balaban J connectivity index is 1.63. The van der Waals surface area contributed by atoms with Crippen molar-refractivity contribution in [2.75, 3.05) is 28.4 Å². The molecule has 0 amide bonds. The topological polar surface area (TPSA) is 36.9 Å². The minimum Gasteiger partial charge on any atom is -0.496 e. The highest BCUT2D eigenvalue weighted by Gasteiger charge is 2.37. The van der Waals surface area contributed by atoms with Gasteiger partial charge >= 0.3 is 0 Å². The molecule has 4 heteroatoms. The molecular formula is C48H44O4+2. The molecule has 0 fully saturated rings. The number of aryl methyl sites for hydroxylation is 4. The predicted molar refractivity (Wildman–Crippen MR) is 213 cm³/mol. The van der Waals surface area contributed by atoms with Crippen molar-refractivity contribution in [3.8, 4) is 23.0 Å². The normalized spacial score (nSPS) is 11.1. The predicted octanol–water partition coefficient (Wildman–Crippen LogP) is 11.3. The molecule has 0 heterocycles. The number of methoxy groups -OCH3 is 4. The average molecular weight is 685 g/mol. The van der Waals surface area contributed by atoms with Crippen molar-refractivity contribution < 1.29 is 18.9 Å². The molecule has 0 aliphatic rings. The zero-order valence-corrected chi connectivity index (χ0v) is 31.2. The molecule has 0 spiro atoms. The van der Waals surface area contributed by atoms with Crippen molar-refractivity contribution >= 4 is 21.5 Å². The monoisotopic (exact) mass is 684 g/mol. The van der Waals surface area contributed by atoms with Gasteiger partial charge < -0.3 is 18.9 Å². The summed E-state index contributed by atoms with van der Waals surface area (Å²) in [5, 5.41) is 4.69. The number of hydrogen-bond donors (Lipinski definition) is 0. The molecule has 0 aliphatic carbocycles. The average Bonchev–Trinajstić information content (AvgIpc) is 3.17. The Morgan fingerprint density at radius 2 is 0.558 bits per heavy atom. The van der Waals surface area contributed by atoms with Crippen LogP contribution in [0.2, 0.25) is 0 Å². The van der Waals surface area contributed by atoms with E-state index in [-0.39, 0.29) is 0 Å². The van der Waals surface area contributed by atoms with E-state index in [2.05, 4.69) is 149 Å². The summed E-state index contributed by atoms with van der Waals surface area (Å²) in [7, 11) is 6.87. The van der Waals surface area contributed by atoms with Crippen LogP contribution in [0.5, 0.6) is 23.0 Å². The Bertz CT molecular complexity index is 2090. The van der Waals surface area contributed by atoms with E-state index in [1.165, 1.54) is 44.5 Å². The summed E-state index contributed by atoms with van der Waals surface area (Å²) in [6, 6.07) is 43.2. The van der Waals surface area contributed by atoms with Crippen LogP contribution in [-0.2, 0) is 0 Å². The Labute approximate surface area is 307 Å². The maximum absolute atomic E-state index is 5.67. The third-order valence-electron chi connectivity index (χ3n) is 10.2. The van der Waals surface area contributed by atoms with Crippen LogP contribution in [0.15, 0.2) is 121 Å². The summed E-state index contributed by atoms with van der Waals surface area (Å²) in [5.41, 5.74) is 11.5. The quantitative estimate of drug-likeness (QED) is 0.0816. The van der Waals surface area contributed by atoms with E-state index in [1.54, 1.807) is 28.4 Å². The van der Waals surface area contributed by atoms with Crippen LogP contribution < -0.4 is 18.9 Å². The first-order valence-corrected chi connectivity index (χ1v) is 17.6. The number of rotatable bonds is 10. The molecule has 0 unspecified atom stereocenters. The molecule has 0 radical (unpaired) electrons. The van der Waals surface area contributed by atoms with E-state index >= 15 is 0 Å². The Morgan fingerprint density at radius 1 is 0.327 bits per heavy atom. The number of ether oxygens (including phenoxy) is 4. The van der Waals surface area contributed by atoms with Crippen LogP contribution in [0.3, 0.4) is 0 Å². The van der Waals surface area contributed by atoms with Gasteiger partial charge in [-0.2, -0.15) is 0 Å². The molecule has 4 nitrogen and oxygen atoms in total. The molecule has 7 aromatic rings. The standard InChI is InChI=1S/C48H44O4/c1-29-25-33(49-5)17-21-37(29)45(38-22-18-34(50-6)26-30(38)2)47-41-13-9-11-15-43(41)48(44-16-12-10-14-42(44)47)46(39-23-19-35(51-7)27-31(39)3)40-24-20-36(52-8)28-32(40)4/h9-28H,1-8H3/q+2. The van der Waals surface area contributed by atoms with Gasteiger partial charge in [0.05, 0.1) is 95.2 Å². The molecule has 0 bridgehead atoms. The molecule has 0 aliphatic heterocycles. The van der Waals surface area contributed by atoms with Crippen molar-refractivity contribution in [2.24, 2.45) is 0 Å². The van der Waals surface area contributed by atoms with Gasteiger partial charge in [-0.05, 0) is 76.2 Å². The molecule has 7 aromatic carbocycles. The molecule has 0 saturated heterocycles. The number of fused-ring (bicyclic) bond motifs is 2. The van der Waals surface area contributed by atoms with E-state index in [0.717, 1.165) is 67.5 Å². The van der Waals surface area contributed by atoms with Crippen LogP contribution in [0.1, 0.15) is 55.6 Å². The van der Waals surface area contributed by atoms with Gasteiger partial charge in [0.15, 0.2) is 0 Å². The summed E-state index contributed by atoms with van der Waals surface area (Å²) < 4.78 is 22.7. The van der Waals surface area contributed by atoms with Crippen molar-refractivity contribution in [1.82, 2.24) is 0 Å². The van der Waals surface area contributed by atoms with Crippen LogP contribution in [-0.4, -0.2) is 28.4 Å². The SMILES string of the molecule is COc1ccc([C+](c2ccc(OC)cc2C)c2c3ccccc3c([C+](c3ccc(OC)cc3C)c3ccc(OC)cc3C)c3ccccc23)c(C)c1. The molecular weight excluding hydrogens is 641 g/mol. The highest BCUT2D eigenvalue weighted by Crippen LogP contribution is 2.49. The lowest BCUT2D eigenvalue weighted by molar-refractivity contribution is 0.414. The molecule has 52 heavy (non-hydrogen) atoms. The fourth-order valence-electron chi connectivity index (χ4n) is 7.67. The summed E-state index contributed by atoms with van der Waals surface area (Å²) in [4.78, 5) is 0. The summed E-state index contributed by atoms with van der Waals surface area (Å²) in [6.07, 6.45) is 0. The third-order valence-corrected chi connectivity index (χ3v) is 10.2. The van der Waals surface area contributed by atoms with Gasteiger partial charge in [-0.25, -0.2) is 0 Å². The smallest absolute Gasteiger partial charge is 0.130 e.